The van der Waals surface area contributed by atoms with Crippen molar-refractivity contribution in [1.82, 2.24) is 0 Å². The molecule has 21 heavy (non-hydrogen) atoms. The smallest absolute Gasteiger partial charge is 0.113 e. The highest BCUT2D eigenvalue weighted by Gasteiger charge is 2.32. The van der Waals surface area contributed by atoms with Crippen LogP contribution in [0.2, 0.25) is 13.1 Å². The summed E-state index contributed by atoms with van der Waals surface area (Å²) in [6.07, 6.45) is 0.722. The molecule has 0 fully saturated rings. The molecule has 112 valence electrons. The van der Waals surface area contributed by atoms with Crippen molar-refractivity contribution in [3.8, 4) is 0 Å². The number of aliphatic hydroxyl groups is 2. The Morgan fingerprint density at radius 3 is 1.90 bits per heavy atom. The van der Waals surface area contributed by atoms with Crippen molar-refractivity contribution in [3.05, 3.63) is 66.2 Å². The molecule has 2 atom stereocenters. The van der Waals surface area contributed by atoms with Crippen molar-refractivity contribution in [2.24, 2.45) is 0 Å². The van der Waals surface area contributed by atoms with E-state index in [9.17, 15) is 10.2 Å². The van der Waals surface area contributed by atoms with Crippen LogP contribution in [-0.4, -0.2) is 24.0 Å². The Balaban J connectivity index is 1.97. The fourth-order valence-corrected chi connectivity index (χ4v) is 4.90. The number of aliphatic hydroxyl groups excluding tert-OH is 2. The lowest BCUT2D eigenvalue weighted by Crippen LogP contribution is -2.52. The van der Waals surface area contributed by atoms with Gasteiger partial charge in [0.1, 0.15) is 8.07 Å². The minimum atomic E-state index is -1.91. The van der Waals surface area contributed by atoms with Gasteiger partial charge in [0.25, 0.3) is 0 Å². The Kier molecular flexibility index (Phi) is 5.34. The number of hydrogen-bond donors (Lipinski definition) is 2. The second kappa shape index (κ2) is 7.03. The van der Waals surface area contributed by atoms with E-state index >= 15 is 0 Å². The first kappa shape index (κ1) is 16.0. The predicted octanol–water partition coefficient (Wildman–Crippen LogP) is 3.02. The molecule has 0 aliphatic rings. The van der Waals surface area contributed by atoms with Crippen LogP contribution in [0, 0.1) is 0 Å². The van der Waals surface area contributed by atoms with Gasteiger partial charge in [0.2, 0.25) is 0 Å². The molecule has 2 nitrogen and oxygen atoms in total. The fourth-order valence-electron chi connectivity index (χ4n) is 2.58. The summed E-state index contributed by atoms with van der Waals surface area (Å²) in [5.41, 5.74) is 0.571. The standard InChI is InChI=1S/C18H24O2Si/c1-21(2,16-11-7-4-8-12-16)18(20)14-13-17(19)15-9-5-3-6-10-15/h3-12,17-20H,13-14H2,1-2H3/t17-,18+/m1/s1. The van der Waals surface area contributed by atoms with Crippen molar-refractivity contribution in [2.45, 2.75) is 37.8 Å². The highest BCUT2D eigenvalue weighted by molar-refractivity contribution is 6.90. The molecular formula is C18H24O2Si. The van der Waals surface area contributed by atoms with Gasteiger partial charge in [-0.05, 0) is 18.4 Å². The van der Waals surface area contributed by atoms with Crippen LogP contribution >= 0.6 is 0 Å². The van der Waals surface area contributed by atoms with E-state index in [0.717, 1.165) is 5.56 Å². The maximum atomic E-state index is 10.6. The number of rotatable bonds is 6. The lowest BCUT2D eigenvalue weighted by molar-refractivity contribution is 0.141. The van der Waals surface area contributed by atoms with Gasteiger partial charge in [-0.3, -0.25) is 0 Å². The first-order valence-corrected chi connectivity index (χ1v) is 10.6. The monoisotopic (exact) mass is 300 g/mol. The van der Waals surface area contributed by atoms with Gasteiger partial charge in [0.05, 0.1) is 6.10 Å². The van der Waals surface area contributed by atoms with E-state index in [1.807, 2.05) is 48.5 Å². The van der Waals surface area contributed by atoms with Crippen LogP contribution in [0.15, 0.2) is 60.7 Å². The molecule has 2 aromatic rings. The molecule has 3 heteroatoms. The highest BCUT2D eigenvalue weighted by Crippen LogP contribution is 2.22. The van der Waals surface area contributed by atoms with Gasteiger partial charge in [-0.2, -0.15) is 0 Å². The van der Waals surface area contributed by atoms with Crippen LogP contribution in [0.3, 0.4) is 0 Å². The lowest BCUT2D eigenvalue weighted by atomic mass is 10.1. The van der Waals surface area contributed by atoms with Gasteiger partial charge in [-0.1, -0.05) is 78.9 Å². The lowest BCUT2D eigenvalue weighted by Gasteiger charge is -2.29. The van der Waals surface area contributed by atoms with Gasteiger partial charge in [0.15, 0.2) is 0 Å². The summed E-state index contributed by atoms with van der Waals surface area (Å²) in [6, 6.07) is 19.9. The molecule has 0 heterocycles. The van der Waals surface area contributed by atoms with E-state index in [0.29, 0.717) is 12.8 Å². The molecule has 2 rings (SSSR count). The highest BCUT2D eigenvalue weighted by atomic mass is 28.3. The third kappa shape index (κ3) is 4.03. The van der Waals surface area contributed by atoms with Crippen LogP contribution in [-0.2, 0) is 0 Å². The van der Waals surface area contributed by atoms with Crippen molar-refractivity contribution in [1.29, 1.82) is 0 Å². The van der Waals surface area contributed by atoms with Crippen LogP contribution in [0.5, 0.6) is 0 Å². The van der Waals surface area contributed by atoms with Gasteiger partial charge < -0.3 is 10.2 Å². The fraction of sp³-hybridized carbons (Fsp3) is 0.333. The van der Waals surface area contributed by atoms with Crippen LogP contribution < -0.4 is 5.19 Å². The Morgan fingerprint density at radius 2 is 1.33 bits per heavy atom. The largest absolute Gasteiger partial charge is 0.396 e. The van der Waals surface area contributed by atoms with E-state index in [-0.39, 0.29) is 5.73 Å². The zero-order chi connectivity index (χ0) is 15.3. The van der Waals surface area contributed by atoms with E-state index in [1.54, 1.807) is 0 Å². The molecule has 0 spiro atoms. The minimum Gasteiger partial charge on any atom is -0.396 e. The predicted molar refractivity (Wildman–Crippen MR) is 90.2 cm³/mol. The van der Waals surface area contributed by atoms with Crippen molar-refractivity contribution >= 4 is 13.3 Å². The summed E-state index contributed by atoms with van der Waals surface area (Å²) in [5, 5.41) is 22.0. The summed E-state index contributed by atoms with van der Waals surface area (Å²) in [5.74, 6) is 0. The van der Waals surface area contributed by atoms with Crippen molar-refractivity contribution in [2.75, 3.05) is 0 Å². The molecule has 0 radical (unpaired) electrons. The van der Waals surface area contributed by atoms with Crippen LogP contribution in [0.1, 0.15) is 24.5 Å². The quantitative estimate of drug-likeness (QED) is 0.805. The summed E-state index contributed by atoms with van der Waals surface area (Å²) >= 11 is 0. The summed E-state index contributed by atoms with van der Waals surface area (Å²) in [7, 11) is -1.91. The zero-order valence-corrected chi connectivity index (χ0v) is 13.7. The molecule has 2 N–H and O–H groups in total. The molecular weight excluding hydrogens is 276 g/mol. The van der Waals surface area contributed by atoms with Gasteiger partial charge >= 0.3 is 0 Å². The molecule has 0 bridgehead atoms. The third-order valence-corrected chi connectivity index (χ3v) is 8.02. The molecule has 0 unspecified atom stereocenters. The average Bonchev–Trinajstić information content (AvgIpc) is 2.53. The normalized spacial score (nSPS) is 14.7. The van der Waals surface area contributed by atoms with E-state index in [4.69, 9.17) is 0 Å². The number of hydrogen-bond acceptors (Lipinski definition) is 2. The van der Waals surface area contributed by atoms with Crippen LogP contribution in [0.4, 0.5) is 0 Å². The average molecular weight is 300 g/mol. The Morgan fingerprint density at radius 1 is 0.810 bits per heavy atom. The van der Waals surface area contributed by atoms with E-state index in [2.05, 4.69) is 25.2 Å². The molecule has 0 aliphatic heterocycles. The number of benzene rings is 2. The van der Waals surface area contributed by atoms with Crippen LogP contribution in [0.25, 0.3) is 0 Å². The Hall–Kier alpha value is -1.42. The SMILES string of the molecule is C[Si](C)(c1ccccc1)[C@H](O)CC[C@@H](O)c1ccccc1. The molecule has 2 aromatic carbocycles. The molecule has 0 saturated heterocycles. The zero-order valence-electron chi connectivity index (χ0n) is 12.7. The summed E-state index contributed by atoms with van der Waals surface area (Å²) in [6.45, 7) is 4.36. The van der Waals surface area contributed by atoms with E-state index < -0.39 is 14.2 Å². The Bertz CT molecular complexity index is 540. The molecule has 0 amide bonds. The maximum Gasteiger partial charge on any atom is 0.113 e. The summed E-state index contributed by atoms with van der Waals surface area (Å²) in [4.78, 5) is 0. The second-order valence-electron chi connectivity index (χ2n) is 6.11. The third-order valence-electron chi connectivity index (χ3n) is 4.25. The maximum absolute atomic E-state index is 10.6. The van der Waals surface area contributed by atoms with Gasteiger partial charge in [0, 0.05) is 5.73 Å². The first-order chi connectivity index (χ1) is 10.0. The van der Waals surface area contributed by atoms with E-state index in [1.165, 1.54) is 5.19 Å². The summed E-state index contributed by atoms with van der Waals surface area (Å²) < 4.78 is 0. The first-order valence-electron chi connectivity index (χ1n) is 7.48. The Labute approximate surface area is 128 Å². The molecule has 0 aromatic heterocycles. The molecule has 0 aliphatic carbocycles. The van der Waals surface area contributed by atoms with Crippen molar-refractivity contribution < 1.29 is 10.2 Å². The molecule has 0 saturated carbocycles. The minimum absolute atomic E-state index is 0.349. The van der Waals surface area contributed by atoms with Crippen molar-refractivity contribution in [3.63, 3.8) is 0 Å². The van der Waals surface area contributed by atoms with Gasteiger partial charge in [-0.25, -0.2) is 0 Å². The topological polar surface area (TPSA) is 40.5 Å². The second-order valence-corrected chi connectivity index (χ2v) is 10.8. The van der Waals surface area contributed by atoms with Gasteiger partial charge in [-0.15, -0.1) is 0 Å².